The molecule has 0 radical (unpaired) electrons. The molecule has 116 valence electrons. The second-order valence-electron chi connectivity index (χ2n) is 5.87. The minimum atomic E-state index is -3.26. The molecule has 0 saturated carbocycles. The molecule has 2 aliphatic rings. The molecule has 0 unspecified atom stereocenters. The second-order valence-corrected chi connectivity index (χ2v) is 8.92. The Morgan fingerprint density at radius 3 is 2.52 bits per heavy atom. The molecular weight excluding hydrogens is 354 g/mol. The number of nitrogens with one attached hydrogen (secondary N) is 1. The summed E-state index contributed by atoms with van der Waals surface area (Å²) >= 11 is 3.44. The quantitative estimate of drug-likeness (QED) is 0.878. The van der Waals surface area contributed by atoms with Crippen molar-refractivity contribution in [1.29, 1.82) is 0 Å². The molecule has 0 aliphatic carbocycles. The maximum atomic E-state index is 12.4. The Bertz CT molecular complexity index is 607. The minimum Gasteiger partial charge on any atom is -0.379 e. The lowest BCUT2D eigenvalue weighted by Gasteiger charge is -2.26. The van der Waals surface area contributed by atoms with Crippen molar-refractivity contribution < 1.29 is 13.2 Å². The third-order valence-corrected chi connectivity index (χ3v) is 7.37. The molecule has 6 heteroatoms. The Hall–Kier alpha value is -0.430. The van der Waals surface area contributed by atoms with E-state index in [-0.39, 0.29) is 5.25 Å². The van der Waals surface area contributed by atoms with Crippen LogP contribution in [0, 0.1) is 5.92 Å². The maximum absolute atomic E-state index is 12.4. The topological polar surface area (TPSA) is 55.4 Å². The van der Waals surface area contributed by atoms with E-state index in [0.717, 1.165) is 19.5 Å². The lowest BCUT2D eigenvalue weighted by molar-refractivity contribution is 0.0416. The second kappa shape index (κ2) is 6.36. The SMILES string of the molecule is O=S(=O)(c1ccc(CC2CCNCC2)cc1Br)C1COC1. The summed E-state index contributed by atoms with van der Waals surface area (Å²) in [5.41, 5.74) is 1.21. The maximum Gasteiger partial charge on any atom is 0.186 e. The van der Waals surface area contributed by atoms with E-state index < -0.39 is 9.84 Å². The standard InChI is InChI=1S/C15H20BrNO3S/c16-14-8-12(7-11-3-5-17-6-4-11)1-2-15(14)21(18,19)13-9-20-10-13/h1-2,8,11,13,17H,3-7,9-10H2. The molecule has 0 spiro atoms. The number of hydrogen-bond donors (Lipinski definition) is 1. The van der Waals surface area contributed by atoms with Crippen LogP contribution in [0.3, 0.4) is 0 Å². The number of rotatable bonds is 4. The average Bonchev–Trinajstić information content (AvgIpc) is 2.37. The first-order valence-corrected chi connectivity index (χ1v) is 9.72. The van der Waals surface area contributed by atoms with Crippen molar-refractivity contribution >= 4 is 25.8 Å². The first-order chi connectivity index (χ1) is 10.1. The van der Waals surface area contributed by atoms with Gasteiger partial charge in [0.2, 0.25) is 0 Å². The first kappa shape index (κ1) is 15.5. The molecule has 2 saturated heterocycles. The van der Waals surface area contributed by atoms with Gasteiger partial charge in [-0.1, -0.05) is 6.07 Å². The highest BCUT2D eigenvalue weighted by Gasteiger charge is 2.35. The van der Waals surface area contributed by atoms with Crippen molar-refractivity contribution in [3.05, 3.63) is 28.2 Å². The van der Waals surface area contributed by atoms with Crippen molar-refractivity contribution in [2.24, 2.45) is 5.92 Å². The van der Waals surface area contributed by atoms with E-state index in [1.807, 2.05) is 12.1 Å². The Morgan fingerprint density at radius 1 is 1.24 bits per heavy atom. The third-order valence-electron chi connectivity index (χ3n) is 4.33. The Morgan fingerprint density at radius 2 is 1.95 bits per heavy atom. The van der Waals surface area contributed by atoms with Gasteiger partial charge >= 0.3 is 0 Å². The smallest absolute Gasteiger partial charge is 0.186 e. The Labute approximate surface area is 134 Å². The molecule has 2 aliphatic heterocycles. The Balaban J connectivity index is 1.76. The van der Waals surface area contributed by atoms with Crippen LogP contribution in [0.1, 0.15) is 18.4 Å². The number of benzene rings is 1. The summed E-state index contributed by atoms with van der Waals surface area (Å²) in [7, 11) is -3.26. The third kappa shape index (κ3) is 3.33. The van der Waals surface area contributed by atoms with Crippen LogP contribution in [-0.2, 0) is 21.0 Å². The normalized spacial score (nSPS) is 21.2. The van der Waals surface area contributed by atoms with E-state index in [9.17, 15) is 8.42 Å². The van der Waals surface area contributed by atoms with Gasteiger partial charge in [0.15, 0.2) is 9.84 Å². The fourth-order valence-electron chi connectivity index (χ4n) is 2.89. The van der Waals surface area contributed by atoms with E-state index in [0.29, 0.717) is 28.5 Å². The summed E-state index contributed by atoms with van der Waals surface area (Å²) in [4.78, 5) is 0.393. The molecule has 1 N–H and O–H groups in total. The van der Waals surface area contributed by atoms with Crippen LogP contribution >= 0.6 is 15.9 Å². The van der Waals surface area contributed by atoms with Gasteiger partial charge in [0.25, 0.3) is 0 Å². The number of sulfone groups is 1. The van der Waals surface area contributed by atoms with E-state index in [4.69, 9.17) is 4.74 Å². The van der Waals surface area contributed by atoms with Crippen molar-refractivity contribution in [3.63, 3.8) is 0 Å². The van der Waals surface area contributed by atoms with Gasteiger partial charge in [-0.2, -0.15) is 0 Å². The fourth-order valence-corrected chi connectivity index (χ4v) is 5.50. The van der Waals surface area contributed by atoms with Gasteiger partial charge in [-0.05, 0) is 71.9 Å². The summed E-state index contributed by atoms with van der Waals surface area (Å²) in [6, 6.07) is 5.67. The van der Waals surface area contributed by atoms with E-state index in [1.54, 1.807) is 6.07 Å². The summed E-state index contributed by atoms with van der Waals surface area (Å²) in [5.74, 6) is 0.695. The Kier molecular flexibility index (Phi) is 4.69. The van der Waals surface area contributed by atoms with Crippen LogP contribution in [0.15, 0.2) is 27.6 Å². The zero-order valence-corrected chi connectivity index (χ0v) is 14.2. The molecule has 0 aromatic heterocycles. The van der Waals surface area contributed by atoms with Gasteiger partial charge in [-0.3, -0.25) is 0 Å². The zero-order chi connectivity index (χ0) is 14.9. The highest BCUT2D eigenvalue weighted by atomic mass is 79.9. The fraction of sp³-hybridized carbons (Fsp3) is 0.600. The largest absolute Gasteiger partial charge is 0.379 e. The molecule has 2 fully saturated rings. The summed E-state index contributed by atoms with van der Waals surface area (Å²) in [6.45, 7) is 2.79. The van der Waals surface area contributed by atoms with Gasteiger partial charge in [0.1, 0.15) is 5.25 Å². The number of hydrogen-bond acceptors (Lipinski definition) is 4. The van der Waals surface area contributed by atoms with Crippen molar-refractivity contribution in [1.82, 2.24) is 5.32 Å². The average molecular weight is 374 g/mol. The van der Waals surface area contributed by atoms with Crippen LogP contribution in [0.4, 0.5) is 0 Å². The van der Waals surface area contributed by atoms with Crippen LogP contribution in [0.25, 0.3) is 0 Å². The molecule has 1 aromatic carbocycles. The van der Waals surface area contributed by atoms with E-state index in [2.05, 4.69) is 21.2 Å². The minimum absolute atomic E-state index is 0.311. The highest BCUT2D eigenvalue weighted by Crippen LogP contribution is 2.30. The monoisotopic (exact) mass is 373 g/mol. The van der Waals surface area contributed by atoms with E-state index >= 15 is 0 Å². The predicted molar refractivity (Wildman–Crippen MR) is 85.2 cm³/mol. The summed E-state index contributed by atoms with van der Waals surface area (Å²) < 4.78 is 30.5. The molecule has 2 heterocycles. The van der Waals surface area contributed by atoms with Crippen LogP contribution in [-0.4, -0.2) is 40.0 Å². The number of halogens is 1. The van der Waals surface area contributed by atoms with Crippen LogP contribution in [0.2, 0.25) is 0 Å². The molecular formula is C15H20BrNO3S. The molecule has 0 amide bonds. The zero-order valence-electron chi connectivity index (χ0n) is 11.8. The highest BCUT2D eigenvalue weighted by molar-refractivity contribution is 9.10. The van der Waals surface area contributed by atoms with Crippen LogP contribution in [0.5, 0.6) is 0 Å². The van der Waals surface area contributed by atoms with Crippen LogP contribution < -0.4 is 5.32 Å². The molecule has 0 atom stereocenters. The first-order valence-electron chi connectivity index (χ1n) is 7.38. The molecule has 3 rings (SSSR count). The predicted octanol–water partition coefficient (Wildman–Crippen LogP) is 2.16. The van der Waals surface area contributed by atoms with Gasteiger partial charge in [-0.25, -0.2) is 8.42 Å². The van der Waals surface area contributed by atoms with E-state index in [1.165, 1.54) is 18.4 Å². The molecule has 0 bridgehead atoms. The molecule has 21 heavy (non-hydrogen) atoms. The lowest BCUT2D eigenvalue weighted by atomic mass is 9.91. The van der Waals surface area contributed by atoms with Crippen molar-refractivity contribution in [2.75, 3.05) is 26.3 Å². The van der Waals surface area contributed by atoms with Gasteiger partial charge in [-0.15, -0.1) is 0 Å². The lowest BCUT2D eigenvalue weighted by Crippen LogP contribution is -2.40. The summed E-state index contributed by atoms with van der Waals surface area (Å²) in [5, 5.41) is 2.98. The number of piperidine rings is 1. The molecule has 4 nitrogen and oxygen atoms in total. The van der Waals surface area contributed by atoms with Crippen molar-refractivity contribution in [2.45, 2.75) is 29.4 Å². The molecule has 1 aromatic rings. The van der Waals surface area contributed by atoms with Gasteiger partial charge in [0, 0.05) is 4.47 Å². The number of ether oxygens (including phenoxy) is 1. The summed E-state index contributed by atoms with van der Waals surface area (Å²) in [6.07, 6.45) is 3.40. The van der Waals surface area contributed by atoms with Crippen molar-refractivity contribution in [3.8, 4) is 0 Å². The van der Waals surface area contributed by atoms with Gasteiger partial charge in [0.05, 0.1) is 18.1 Å². The van der Waals surface area contributed by atoms with Gasteiger partial charge < -0.3 is 10.1 Å².